The molecule has 1 aliphatic heterocycles. The maximum Gasteiger partial charge on any atom is 0.343 e. The zero-order valence-electron chi connectivity index (χ0n) is 15.5. The Morgan fingerprint density at radius 1 is 1.07 bits per heavy atom. The fraction of sp³-hybridized carbons (Fsp3) is 0.273. The molecule has 6 heteroatoms. The maximum absolute atomic E-state index is 12.8. The van der Waals surface area contributed by atoms with Crippen molar-refractivity contribution in [2.45, 2.75) is 26.2 Å². The number of carbonyl (C=O) groups excluding carboxylic acids is 1. The molecule has 0 amide bonds. The van der Waals surface area contributed by atoms with E-state index in [-0.39, 0.29) is 5.75 Å². The van der Waals surface area contributed by atoms with Gasteiger partial charge in [-0.1, -0.05) is 25.5 Å². The maximum atomic E-state index is 12.8. The molecule has 0 spiro atoms. The first-order valence-electron chi connectivity index (χ1n) is 9.34. The quantitative estimate of drug-likeness (QED) is 0.489. The third-order valence-corrected chi connectivity index (χ3v) is 4.61. The van der Waals surface area contributed by atoms with Gasteiger partial charge in [0, 0.05) is 0 Å². The molecule has 0 unspecified atom stereocenters. The summed E-state index contributed by atoms with van der Waals surface area (Å²) in [5.41, 5.74) is 0.615. The highest BCUT2D eigenvalue weighted by molar-refractivity contribution is 5.95. The number of hydrogen-bond donors (Lipinski definition) is 0. The van der Waals surface area contributed by atoms with Gasteiger partial charge >= 0.3 is 11.6 Å². The van der Waals surface area contributed by atoms with Crippen molar-refractivity contribution in [3.8, 4) is 17.2 Å². The smallest absolute Gasteiger partial charge is 0.343 e. The van der Waals surface area contributed by atoms with Crippen molar-refractivity contribution < 1.29 is 23.4 Å². The van der Waals surface area contributed by atoms with Gasteiger partial charge in [0.25, 0.3) is 0 Å². The van der Waals surface area contributed by atoms with Crippen molar-refractivity contribution in [2.75, 3.05) is 13.2 Å². The molecule has 0 saturated heterocycles. The van der Waals surface area contributed by atoms with Crippen LogP contribution in [0.3, 0.4) is 0 Å². The molecule has 2 aromatic carbocycles. The lowest BCUT2D eigenvalue weighted by atomic mass is 10.1. The molecular weight excluding hydrogens is 360 g/mol. The number of rotatable bonds is 5. The molecule has 6 nitrogen and oxygen atoms in total. The number of carbonyl (C=O) groups is 1. The van der Waals surface area contributed by atoms with Crippen LogP contribution in [0.15, 0.2) is 51.7 Å². The Bertz CT molecular complexity index is 1080. The summed E-state index contributed by atoms with van der Waals surface area (Å²) in [6.45, 7) is 2.93. The first-order valence-corrected chi connectivity index (χ1v) is 9.34. The zero-order chi connectivity index (χ0) is 19.5. The van der Waals surface area contributed by atoms with Crippen LogP contribution in [0.2, 0.25) is 0 Å². The van der Waals surface area contributed by atoms with E-state index in [1.165, 1.54) is 0 Å². The van der Waals surface area contributed by atoms with E-state index in [0.717, 1.165) is 12.8 Å². The zero-order valence-corrected chi connectivity index (χ0v) is 15.5. The Hall–Kier alpha value is -3.28. The minimum atomic E-state index is -0.564. The molecule has 1 aliphatic rings. The predicted octanol–water partition coefficient (Wildman–Crippen LogP) is 4.13. The van der Waals surface area contributed by atoms with Crippen LogP contribution in [-0.4, -0.2) is 19.2 Å². The molecule has 0 radical (unpaired) electrons. The average Bonchev–Trinajstić information content (AvgIpc) is 2.73. The standard InChI is InChI=1S/C22H20O6/c1-2-3-6-16-20(15-7-4-5-8-17(15)27-22(16)24)28-21(23)14-9-10-18-19(13-14)26-12-11-25-18/h4-5,7-10,13H,2-3,6,11-12H2,1H3. The van der Waals surface area contributed by atoms with Crippen LogP contribution in [-0.2, 0) is 6.42 Å². The summed E-state index contributed by atoms with van der Waals surface area (Å²) in [4.78, 5) is 25.3. The minimum absolute atomic E-state index is 0.264. The van der Waals surface area contributed by atoms with Crippen LogP contribution in [0.1, 0.15) is 35.7 Å². The monoisotopic (exact) mass is 380 g/mol. The van der Waals surface area contributed by atoms with Gasteiger partial charge in [0.1, 0.15) is 18.8 Å². The highest BCUT2D eigenvalue weighted by Crippen LogP contribution is 2.33. The summed E-state index contributed by atoms with van der Waals surface area (Å²) in [6, 6.07) is 11.9. The first kappa shape index (κ1) is 18.1. The van der Waals surface area contributed by atoms with Crippen molar-refractivity contribution in [3.63, 3.8) is 0 Å². The van der Waals surface area contributed by atoms with E-state index in [1.807, 2.05) is 13.0 Å². The van der Waals surface area contributed by atoms with Crippen LogP contribution in [0.25, 0.3) is 11.0 Å². The molecule has 28 heavy (non-hydrogen) atoms. The third kappa shape index (κ3) is 3.45. The largest absolute Gasteiger partial charge is 0.486 e. The minimum Gasteiger partial charge on any atom is -0.486 e. The summed E-state index contributed by atoms with van der Waals surface area (Å²) >= 11 is 0. The second-order valence-electron chi connectivity index (χ2n) is 6.54. The molecule has 0 aliphatic carbocycles. The van der Waals surface area contributed by atoms with E-state index in [0.29, 0.717) is 53.2 Å². The molecule has 1 aromatic heterocycles. The van der Waals surface area contributed by atoms with Gasteiger partial charge in [0.2, 0.25) is 0 Å². The predicted molar refractivity (Wildman–Crippen MR) is 103 cm³/mol. The summed E-state index contributed by atoms with van der Waals surface area (Å²) < 4.78 is 22.1. The van der Waals surface area contributed by atoms with Gasteiger partial charge in [0.15, 0.2) is 17.2 Å². The topological polar surface area (TPSA) is 75.0 Å². The van der Waals surface area contributed by atoms with Gasteiger partial charge in [0.05, 0.1) is 16.5 Å². The number of benzene rings is 2. The number of para-hydroxylation sites is 1. The number of esters is 1. The SMILES string of the molecule is CCCCc1c(OC(=O)c2ccc3c(c2)OCCO3)c2ccccc2oc1=O. The summed E-state index contributed by atoms with van der Waals surface area (Å²) in [5, 5.41) is 0.596. The Morgan fingerprint density at radius 3 is 2.68 bits per heavy atom. The molecule has 2 heterocycles. The van der Waals surface area contributed by atoms with E-state index in [4.69, 9.17) is 18.6 Å². The van der Waals surface area contributed by atoms with Crippen LogP contribution in [0, 0.1) is 0 Å². The van der Waals surface area contributed by atoms with Crippen molar-refractivity contribution >= 4 is 16.9 Å². The molecule has 0 fully saturated rings. The summed E-state index contributed by atoms with van der Waals surface area (Å²) in [6.07, 6.45) is 2.17. The number of fused-ring (bicyclic) bond motifs is 2. The van der Waals surface area contributed by atoms with Crippen molar-refractivity contribution in [3.05, 3.63) is 64.0 Å². The lowest BCUT2D eigenvalue weighted by Gasteiger charge is -2.18. The van der Waals surface area contributed by atoms with Crippen LogP contribution in [0.4, 0.5) is 0 Å². The van der Waals surface area contributed by atoms with Crippen LogP contribution < -0.4 is 19.8 Å². The number of ether oxygens (including phenoxy) is 3. The van der Waals surface area contributed by atoms with Crippen molar-refractivity contribution in [1.82, 2.24) is 0 Å². The fourth-order valence-electron chi connectivity index (χ4n) is 3.17. The van der Waals surface area contributed by atoms with Crippen molar-refractivity contribution in [1.29, 1.82) is 0 Å². The van der Waals surface area contributed by atoms with Crippen LogP contribution in [0.5, 0.6) is 17.2 Å². The second-order valence-corrected chi connectivity index (χ2v) is 6.54. The van der Waals surface area contributed by atoms with Gasteiger partial charge in [-0.2, -0.15) is 0 Å². The van der Waals surface area contributed by atoms with E-state index in [9.17, 15) is 9.59 Å². The normalized spacial score (nSPS) is 12.8. The van der Waals surface area contributed by atoms with Gasteiger partial charge in [-0.25, -0.2) is 9.59 Å². The van der Waals surface area contributed by atoms with E-state index < -0.39 is 11.6 Å². The summed E-state index contributed by atoms with van der Waals surface area (Å²) in [5.74, 6) is 0.798. The lowest BCUT2D eigenvalue weighted by Crippen LogP contribution is -2.18. The number of hydrogen-bond acceptors (Lipinski definition) is 6. The third-order valence-electron chi connectivity index (χ3n) is 4.61. The molecule has 4 rings (SSSR count). The molecule has 0 bridgehead atoms. The highest BCUT2D eigenvalue weighted by Gasteiger charge is 2.21. The van der Waals surface area contributed by atoms with Gasteiger partial charge in [-0.15, -0.1) is 0 Å². The van der Waals surface area contributed by atoms with Crippen molar-refractivity contribution in [2.24, 2.45) is 0 Å². The molecule has 144 valence electrons. The Labute approximate surface area is 161 Å². The molecule has 0 N–H and O–H groups in total. The fourth-order valence-corrected chi connectivity index (χ4v) is 3.17. The summed E-state index contributed by atoms with van der Waals surface area (Å²) in [7, 11) is 0. The van der Waals surface area contributed by atoms with Gasteiger partial charge in [-0.05, 0) is 43.2 Å². The van der Waals surface area contributed by atoms with Gasteiger partial charge < -0.3 is 18.6 Å². The Morgan fingerprint density at radius 2 is 1.86 bits per heavy atom. The lowest BCUT2D eigenvalue weighted by molar-refractivity contribution is 0.0733. The van der Waals surface area contributed by atoms with Crippen LogP contribution >= 0.6 is 0 Å². The Kier molecular flexibility index (Phi) is 5.02. The number of unbranched alkanes of at least 4 members (excludes halogenated alkanes) is 1. The molecular formula is C22H20O6. The van der Waals surface area contributed by atoms with E-state index in [2.05, 4.69) is 0 Å². The average molecular weight is 380 g/mol. The highest BCUT2D eigenvalue weighted by atomic mass is 16.6. The molecule has 3 aromatic rings. The van der Waals surface area contributed by atoms with E-state index >= 15 is 0 Å². The Balaban J connectivity index is 1.73. The van der Waals surface area contributed by atoms with Gasteiger partial charge in [-0.3, -0.25) is 0 Å². The molecule has 0 atom stereocenters. The molecule has 0 saturated carbocycles. The van der Waals surface area contributed by atoms with E-state index in [1.54, 1.807) is 36.4 Å². The second kappa shape index (κ2) is 7.76. The first-order chi connectivity index (χ1) is 13.7.